The lowest BCUT2D eigenvalue weighted by Crippen LogP contribution is -2.44. The van der Waals surface area contributed by atoms with E-state index in [9.17, 15) is 34.8 Å². The molecule has 1 amide bonds. The number of carbonyl (C=O) groups excluding carboxylic acids is 1. The van der Waals surface area contributed by atoms with Crippen molar-refractivity contribution in [3.05, 3.63) is 86.9 Å². The van der Waals surface area contributed by atoms with E-state index in [1.54, 1.807) is 6.07 Å². The third kappa shape index (κ3) is 7.88. The van der Waals surface area contributed by atoms with E-state index in [2.05, 4.69) is 10.0 Å². The summed E-state index contributed by atoms with van der Waals surface area (Å²) in [7, 11) is -8.03. The number of halogens is 6. The number of hydrogen-bond acceptors (Lipinski definition) is 5. The maximum absolute atomic E-state index is 13.1. The molecule has 3 aromatic rings. The first kappa shape index (κ1) is 32.4. The van der Waals surface area contributed by atoms with E-state index in [0.29, 0.717) is 29.5 Å². The van der Waals surface area contributed by atoms with Crippen molar-refractivity contribution in [3.63, 3.8) is 0 Å². The van der Waals surface area contributed by atoms with E-state index < -0.39 is 48.6 Å². The fraction of sp³-hybridized carbons (Fsp3) is 0.269. The molecule has 226 valence electrons. The molecule has 0 unspecified atom stereocenters. The number of anilines is 2. The molecule has 1 aliphatic rings. The third-order valence-electron chi connectivity index (χ3n) is 6.44. The Hall–Kier alpha value is -2.55. The van der Waals surface area contributed by atoms with Crippen molar-refractivity contribution in [2.45, 2.75) is 29.7 Å². The smallest absolute Gasteiger partial charge is 0.326 e. The third-order valence-corrected chi connectivity index (χ3v) is 10.7. The largest absolute Gasteiger partial charge is 0.417 e. The van der Waals surface area contributed by atoms with Gasteiger partial charge in [0.25, 0.3) is 10.0 Å². The van der Waals surface area contributed by atoms with E-state index in [1.165, 1.54) is 40.7 Å². The molecule has 1 atom stereocenters. The second kappa shape index (κ2) is 12.6. The van der Waals surface area contributed by atoms with Crippen LogP contribution in [0.4, 0.5) is 24.5 Å². The molecule has 0 bridgehead atoms. The molecule has 1 aliphatic heterocycles. The maximum atomic E-state index is 13.1. The van der Waals surface area contributed by atoms with E-state index in [0.717, 1.165) is 12.1 Å². The lowest BCUT2D eigenvalue weighted by atomic mass is 9.99. The van der Waals surface area contributed by atoms with E-state index in [1.807, 2.05) is 0 Å². The first-order chi connectivity index (χ1) is 19.5. The molecule has 42 heavy (non-hydrogen) atoms. The topological polar surface area (TPSA) is 113 Å². The molecule has 0 saturated carbocycles. The zero-order valence-electron chi connectivity index (χ0n) is 21.5. The molecule has 1 heterocycles. The van der Waals surface area contributed by atoms with Crippen molar-refractivity contribution in [2.24, 2.45) is 5.92 Å². The van der Waals surface area contributed by atoms with Gasteiger partial charge in [-0.3, -0.25) is 9.52 Å². The summed E-state index contributed by atoms with van der Waals surface area (Å²) in [5.41, 5.74) is -0.816. The minimum Gasteiger partial charge on any atom is -0.326 e. The molecule has 2 N–H and O–H groups in total. The summed E-state index contributed by atoms with van der Waals surface area (Å²) in [6, 6.07) is 12.2. The van der Waals surface area contributed by atoms with Crippen molar-refractivity contribution >= 4 is 72.1 Å². The highest BCUT2D eigenvalue weighted by molar-refractivity contribution is 7.92. The Morgan fingerprint density at radius 2 is 1.52 bits per heavy atom. The highest BCUT2D eigenvalue weighted by atomic mass is 35.5. The van der Waals surface area contributed by atoms with Gasteiger partial charge in [0.15, 0.2) is 0 Å². The van der Waals surface area contributed by atoms with Crippen LogP contribution in [0.15, 0.2) is 65.6 Å². The SMILES string of the molecule is O=C(Nc1ccc(S(=O)(=O)Nc2ccc(Cl)c(C(F)(F)F)c2)cc1)[C@H]1CCCN(S(=O)(=O)Cc2ccc(Cl)c(Cl)c2)C1. The number of sulfonamides is 2. The summed E-state index contributed by atoms with van der Waals surface area (Å²) >= 11 is 17.5. The fourth-order valence-corrected chi connectivity index (χ4v) is 7.51. The molecule has 3 aromatic carbocycles. The summed E-state index contributed by atoms with van der Waals surface area (Å²) in [5.74, 6) is -1.41. The molecule has 1 saturated heterocycles. The zero-order chi connectivity index (χ0) is 30.9. The van der Waals surface area contributed by atoms with Crippen LogP contribution < -0.4 is 10.0 Å². The predicted octanol–water partition coefficient (Wildman–Crippen LogP) is 6.65. The zero-order valence-corrected chi connectivity index (χ0v) is 25.4. The van der Waals surface area contributed by atoms with Crippen LogP contribution in [0.3, 0.4) is 0 Å². The Bertz CT molecular complexity index is 1700. The van der Waals surface area contributed by atoms with Crippen LogP contribution in [0, 0.1) is 5.92 Å². The molecular weight excluding hydrogens is 662 g/mol. The van der Waals surface area contributed by atoms with Crippen LogP contribution in [-0.2, 0) is 36.8 Å². The Morgan fingerprint density at radius 3 is 2.17 bits per heavy atom. The van der Waals surface area contributed by atoms with Gasteiger partial charge in [-0.25, -0.2) is 21.1 Å². The highest BCUT2D eigenvalue weighted by Gasteiger charge is 2.34. The molecule has 8 nitrogen and oxygen atoms in total. The monoisotopic (exact) mass is 683 g/mol. The van der Waals surface area contributed by atoms with Gasteiger partial charge in [0, 0.05) is 24.5 Å². The number of amides is 1. The van der Waals surface area contributed by atoms with Crippen LogP contribution in [-0.4, -0.2) is 40.1 Å². The van der Waals surface area contributed by atoms with Crippen LogP contribution in [0.25, 0.3) is 0 Å². The average Bonchev–Trinajstić information content (AvgIpc) is 2.91. The molecule has 16 heteroatoms. The van der Waals surface area contributed by atoms with E-state index >= 15 is 0 Å². The van der Waals surface area contributed by atoms with E-state index in [4.69, 9.17) is 34.8 Å². The van der Waals surface area contributed by atoms with Gasteiger partial charge >= 0.3 is 6.18 Å². The van der Waals surface area contributed by atoms with Gasteiger partial charge in [0.1, 0.15) is 0 Å². The second-order valence-corrected chi connectivity index (χ2v) is 14.4. The summed E-state index contributed by atoms with van der Waals surface area (Å²) < 4.78 is 94.2. The van der Waals surface area contributed by atoms with Crippen molar-refractivity contribution in [3.8, 4) is 0 Å². The summed E-state index contributed by atoms with van der Waals surface area (Å²) in [5, 5.41) is 2.62. The van der Waals surface area contributed by atoms with Crippen LogP contribution in [0.2, 0.25) is 15.1 Å². The first-order valence-corrected chi connectivity index (χ1v) is 16.5. The van der Waals surface area contributed by atoms with Gasteiger partial charge in [-0.2, -0.15) is 13.2 Å². The Balaban J connectivity index is 1.39. The number of nitrogens with zero attached hydrogens (tertiary/aromatic N) is 1. The number of rotatable bonds is 8. The molecule has 0 radical (unpaired) electrons. The minimum atomic E-state index is -4.77. The van der Waals surface area contributed by atoms with Crippen LogP contribution in [0.5, 0.6) is 0 Å². The Labute approximate surface area is 255 Å². The molecule has 0 spiro atoms. The van der Waals surface area contributed by atoms with Gasteiger partial charge < -0.3 is 5.32 Å². The van der Waals surface area contributed by atoms with Gasteiger partial charge in [0.05, 0.1) is 37.2 Å². The number of carbonyl (C=O) groups is 1. The number of hydrogen-bond donors (Lipinski definition) is 2. The normalized spacial score (nSPS) is 16.7. The first-order valence-electron chi connectivity index (χ1n) is 12.3. The molecular formula is C26H23Cl3F3N3O5S2. The van der Waals surface area contributed by atoms with Gasteiger partial charge in [-0.1, -0.05) is 40.9 Å². The van der Waals surface area contributed by atoms with Gasteiger partial charge in [0.2, 0.25) is 15.9 Å². The quantitative estimate of drug-likeness (QED) is 0.276. The standard InChI is InChI=1S/C26H23Cl3F3N3O5S2/c27-22-10-6-19(13-21(22)26(30,31)32)34-42(39,40)20-7-4-18(5-8-20)33-25(36)17-2-1-11-35(14-17)41(37,38)15-16-3-9-23(28)24(29)12-16/h3-10,12-13,17,34H,1-2,11,14-15H2,(H,33,36)/t17-/m0/s1. The molecule has 1 fully saturated rings. The highest BCUT2D eigenvalue weighted by Crippen LogP contribution is 2.36. The van der Waals surface area contributed by atoms with E-state index in [-0.39, 0.29) is 40.1 Å². The summed E-state index contributed by atoms with van der Waals surface area (Å²) in [6.45, 7) is 0.220. The van der Waals surface area contributed by atoms with Gasteiger partial charge in [-0.15, -0.1) is 0 Å². The maximum Gasteiger partial charge on any atom is 0.417 e. The second-order valence-electron chi connectivity index (χ2n) is 9.51. The Kier molecular flexibility index (Phi) is 9.70. The molecule has 4 rings (SSSR count). The predicted molar refractivity (Wildman–Crippen MR) is 156 cm³/mol. The van der Waals surface area contributed by atoms with Crippen molar-refractivity contribution in [1.29, 1.82) is 0 Å². The van der Waals surface area contributed by atoms with Crippen LogP contribution >= 0.6 is 34.8 Å². The number of piperidine rings is 1. The van der Waals surface area contributed by atoms with Crippen LogP contribution in [0.1, 0.15) is 24.0 Å². The number of alkyl halides is 3. The molecule has 0 aromatic heterocycles. The van der Waals surface area contributed by atoms with Crippen molar-refractivity contribution in [1.82, 2.24) is 4.31 Å². The number of nitrogens with one attached hydrogen (secondary N) is 2. The summed E-state index contributed by atoms with van der Waals surface area (Å²) in [4.78, 5) is 12.7. The van der Waals surface area contributed by atoms with Crippen molar-refractivity contribution in [2.75, 3.05) is 23.1 Å². The lowest BCUT2D eigenvalue weighted by molar-refractivity contribution is -0.137. The average molecular weight is 685 g/mol. The summed E-state index contributed by atoms with van der Waals surface area (Å²) in [6.07, 6.45) is -3.87. The Morgan fingerprint density at radius 1 is 0.881 bits per heavy atom. The number of benzene rings is 3. The fourth-order valence-electron chi connectivity index (χ4n) is 4.32. The lowest BCUT2D eigenvalue weighted by Gasteiger charge is -2.31. The minimum absolute atomic E-state index is 0.0348. The van der Waals surface area contributed by atoms with Gasteiger partial charge in [-0.05, 0) is 73.0 Å². The van der Waals surface area contributed by atoms with Crippen molar-refractivity contribution < 1.29 is 34.8 Å². The molecule has 0 aliphatic carbocycles.